The second-order valence-corrected chi connectivity index (χ2v) is 6.93. The van der Waals surface area contributed by atoms with Crippen molar-refractivity contribution < 1.29 is 10.0 Å². The number of aliphatic hydroxyl groups excluding tert-OH is 1. The van der Waals surface area contributed by atoms with Gasteiger partial charge in [-0.15, -0.1) is 0 Å². The average Bonchev–Trinajstić information content (AvgIpc) is 2.47. The molecule has 1 saturated carbocycles. The number of rotatable bonds is 6. The molecule has 6 heteroatoms. The largest absolute Gasteiger partial charge is 0.392 e. The first-order valence-electron chi connectivity index (χ1n) is 7.40. The highest BCUT2D eigenvalue weighted by atomic mass is 32.2. The summed E-state index contributed by atoms with van der Waals surface area (Å²) in [6, 6.07) is 5.03. The van der Waals surface area contributed by atoms with Crippen molar-refractivity contribution in [3.05, 3.63) is 33.9 Å². The number of benzene rings is 1. The van der Waals surface area contributed by atoms with E-state index in [9.17, 15) is 15.2 Å². The van der Waals surface area contributed by atoms with E-state index < -0.39 is 0 Å². The Morgan fingerprint density at radius 2 is 2.29 bits per heavy atom. The van der Waals surface area contributed by atoms with Crippen molar-refractivity contribution in [1.82, 2.24) is 0 Å². The molecule has 0 heterocycles. The summed E-state index contributed by atoms with van der Waals surface area (Å²) in [5.74, 6) is 1.11. The van der Waals surface area contributed by atoms with E-state index in [1.165, 1.54) is 12.5 Å². The van der Waals surface area contributed by atoms with Crippen LogP contribution in [0.1, 0.15) is 38.2 Å². The molecular formula is C15H22N2O3S. The second-order valence-electron chi connectivity index (χ2n) is 5.35. The van der Waals surface area contributed by atoms with Crippen LogP contribution in [0.25, 0.3) is 0 Å². The molecule has 0 radical (unpaired) electrons. The first-order valence-corrected chi connectivity index (χ1v) is 8.45. The van der Waals surface area contributed by atoms with Gasteiger partial charge >= 0.3 is 0 Å². The summed E-state index contributed by atoms with van der Waals surface area (Å²) in [5.41, 5.74) is 1.30. The zero-order valence-electron chi connectivity index (χ0n) is 12.2. The lowest BCUT2D eigenvalue weighted by atomic mass is 9.94. The Bertz CT molecular complexity index is 494. The highest BCUT2D eigenvalue weighted by molar-refractivity contribution is 7.99. The van der Waals surface area contributed by atoms with Crippen LogP contribution in [0.3, 0.4) is 0 Å². The van der Waals surface area contributed by atoms with Gasteiger partial charge in [0.2, 0.25) is 0 Å². The fourth-order valence-corrected chi connectivity index (χ4v) is 4.01. The lowest BCUT2D eigenvalue weighted by Crippen LogP contribution is -2.29. The minimum Gasteiger partial charge on any atom is -0.392 e. The van der Waals surface area contributed by atoms with Crippen LogP contribution < -0.4 is 5.32 Å². The molecule has 116 valence electrons. The van der Waals surface area contributed by atoms with E-state index in [2.05, 4.69) is 12.2 Å². The molecule has 21 heavy (non-hydrogen) atoms. The van der Waals surface area contributed by atoms with Crippen LogP contribution in [-0.4, -0.2) is 27.1 Å². The Labute approximate surface area is 129 Å². The van der Waals surface area contributed by atoms with Crippen LogP contribution in [0.4, 0.5) is 11.4 Å². The maximum Gasteiger partial charge on any atom is 0.292 e. The van der Waals surface area contributed by atoms with Gasteiger partial charge in [0, 0.05) is 17.4 Å². The lowest BCUT2D eigenvalue weighted by Gasteiger charge is -2.29. The first kappa shape index (κ1) is 16.1. The normalized spacial score (nSPS) is 22.0. The van der Waals surface area contributed by atoms with Crippen LogP contribution in [0, 0.1) is 10.1 Å². The number of anilines is 1. The Morgan fingerprint density at radius 3 is 2.95 bits per heavy atom. The number of hydrogen-bond donors (Lipinski definition) is 2. The Balaban J connectivity index is 2.12. The van der Waals surface area contributed by atoms with Gasteiger partial charge in [0.1, 0.15) is 5.69 Å². The van der Waals surface area contributed by atoms with Gasteiger partial charge in [-0.1, -0.05) is 13.3 Å². The number of nitro groups is 1. The lowest BCUT2D eigenvalue weighted by molar-refractivity contribution is -0.384. The smallest absolute Gasteiger partial charge is 0.292 e. The van der Waals surface area contributed by atoms with Crippen molar-refractivity contribution in [3.8, 4) is 0 Å². The number of nitrogens with one attached hydrogen (secondary N) is 1. The number of nitro benzene ring substituents is 1. The molecular weight excluding hydrogens is 288 g/mol. The summed E-state index contributed by atoms with van der Waals surface area (Å²) in [7, 11) is 0. The third kappa shape index (κ3) is 4.35. The maximum absolute atomic E-state index is 11.1. The van der Waals surface area contributed by atoms with Gasteiger partial charge in [0.25, 0.3) is 5.69 Å². The number of nitrogens with zero attached hydrogens (tertiary/aromatic N) is 1. The van der Waals surface area contributed by atoms with Crippen molar-refractivity contribution in [2.75, 3.05) is 11.1 Å². The van der Waals surface area contributed by atoms with Crippen LogP contribution >= 0.6 is 11.8 Å². The summed E-state index contributed by atoms with van der Waals surface area (Å²) in [6.45, 7) is 2.06. The van der Waals surface area contributed by atoms with Gasteiger partial charge in [0.15, 0.2) is 0 Å². The zero-order valence-corrected chi connectivity index (χ0v) is 13.1. The minimum absolute atomic E-state index is 0.0810. The van der Waals surface area contributed by atoms with Crippen molar-refractivity contribution in [2.45, 2.75) is 50.5 Å². The van der Waals surface area contributed by atoms with E-state index in [1.54, 1.807) is 12.1 Å². The van der Waals surface area contributed by atoms with Crippen molar-refractivity contribution in [3.63, 3.8) is 0 Å². The molecule has 0 bridgehead atoms. The fraction of sp³-hybridized carbons (Fsp3) is 0.600. The van der Waals surface area contributed by atoms with Crippen LogP contribution in [-0.2, 0) is 6.61 Å². The number of aliphatic hydroxyl groups is 1. The molecule has 0 amide bonds. The standard InChI is InChI=1S/C15H22N2O3S/c1-2-21-13-5-3-4-12(9-13)16-14-8-11(10-18)6-7-15(14)17(19)20/h6-8,12-13,16,18H,2-5,9-10H2,1H3. The molecule has 1 aliphatic carbocycles. The SMILES string of the molecule is CCSC1CCCC(Nc2cc(CO)ccc2[N+](=O)[O-])C1. The van der Waals surface area contributed by atoms with E-state index in [0.29, 0.717) is 16.5 Å². The van der Waals surface area contributed by atoms with Gasteiger partial charge < -0.3 is 10.4 Å². The van der Waals surface area contributed by atoms with Gasteiger partial charge in [-0.05, 0) is 42.7 Å². The summed E-state index contributed by atoms with van der Waals surface area (Å²) in [6.07, 6.45) is 4.47. The predicted molar refractivity (Wildman–Crippen MR) is 86.8 cm³/mol. The molecule has 5 nitrogen and oxygen atoms in total. The Morgan fingerprint density at radius 1 is 1.48 bits per heavy atom. The molecule has 0 spiro atoms. The molecule has 1 fully saturated rings. The molecule has 0 saturated heterocycles. The van der Waals surface area contributed by atoms with E-state index >= 15 is 0 Å². The average molecular weight is 310 g/mol. The second kappa shape index (κ2) is 7.66. The molecule has 1 aromatic carbocycles. The summed E-state index contributed by atoms with van der Waals surface area (Å²) in [4.78, 5) is 10.8. The van der Waals surface area contributed by atoms with E-state index in [1.807, 2.05) is 11.8 Å². The topological polar surface area (TPSA) is 75.4 Å². The molecule has 2 rings (SSSR count). The number of thioether (sulfide) groups is 1. The molecule has 1 aliphatic rings. The molecule has 2 atom stereocenters. The monoisotopic (exact) mass is 310 g/mol. The third-order valence-corrected chi connectivity index (χ3v) is 5.06. The van der Waals surface area contributed by atoms with E-state index in [-0.39, 0.29) is 23.3 Å². The summed E-state index contributed by atoms with van der Waals surface area (Å²) in [5, 5.41) is 24.3. The van der Waals surface area contributed by atoms with Gasteiger partial charge in [-0.25, -0.2) is 0 Å². The molecule has 0 aliphatic heterocycles. The Hall–Kier alpha value is -1.27. The van der Waals surface area contributed by atoms with Gasteiger partial charge in [-0.3, -0.25) is 10.1 Å². The quantitative estimate of drug-likeness (QED) is 0.620. The molecule has 0 aromatic heterocycles. The van der Waals surface area contributed by atoms with Crippen molar-refractivity contribution >= 4 is 23.1 Å². The highest BCUT2D eigenvalue weighted by Gasteiger charge is 2.24. The van der Waals surface area contributed by atoms with Crippen molar-refractivity contribution in [2.24, 2.45) is 0 Å². The van der Waals surface area contributed by atoms with Crippen LogP contribution in [0.2, 0.25) is 0 Å². The van der Waals surface area contributed by atoms with Gasteiger partial charge in [-0.2, -0.15) is 11.8 Å². The maximum atomic E-state index is 11.1. The van der Waals surface area contributed by atoms with E-state index in [4.69, 9.17) is 0 Å². The Kier molecular flexibility index (Phi) is 5.87. The van der Waals surface area contributed by atoms with Crippen molar-refractivity contribution in [1.29, 1.82) is 0 Å². The summed E-state index contributed by atoms with van der Waals surface area (Å²) < 4.78 is 0. The van der Waals surface area contributed by atoms with Gasteiger partial charge in [0.05, 0.1) is 11.5 Å². The zero-order chi connectivity index (χ0) is 15.2. The fourth-order valence-electron chi connectivity index (χ4n) is 2.84. The molecule has 2 N–H and O–H groups in total. The van der Waals surface area contributed by atoms with Crippen LogP contribution in [0.15, 0.2) is 18.2 Å². The summed E-state index contributed by atoms with van der Waals surface area (Å²) >= 11 is 1.97. The number of hydrogen-bond acceptors (Lipinski definition) is 5. The third-order valence-electron chi connectivity index (χ3n) is 3.83. The first-order chi connectivity index (χ1) is 10.1. The minimum atomic E-state index is -0.370. The molecule has 1 aromatic rings. The van der Waals surface area contributed by atoms with E-state index in [0.717, 1.165) is 25.0 Å². The molecule has 2 unspecified atom stereocenters. The highest BCUT2D eigenvalue weighted by Crippen LogP contribution is 2.33. The predicted octanol–water partition coefficient (Wildman–Crippen LogP) is 3.56. The van der Waals surface area contributed by atoms with Crippen LogP contribution in [0.5, 0.6) is 0 Å².